The fourth-order valence-electron chi connectivity index (χ4n) is 1.05. The van der Waals surface area contributed by atoms with E-state index in [0.29, 0.717) is 5.56 Å². The Bertz CT molecular complexity index is 443. The molecule has 4 nitrogen and oxygen atoms in total. The molecule has 0 saturated heterocycles. The minimum absolute atomic E-state index is 0.0663. The molecule has 0 aliphatic rings. The second-order valence-electron chi connectivity index (χ2n) is 2.78. The molecule has 1 N–H and O–H groups in total. The van der Waals surface area contributed by atoms with Crippen LogP contribution >= 0.6 is 0 Å². The van der Waals surface area contributed by atoms with Crippen molar-refractivity contribution in [3.63, 3.8) is 0 Å². The van der Waals surface area contributed by atoms with Crippen molar-refractivity contribution in [1.82, 2.24) is 0 Å². The fourth-order valence-corrected chi connectivity index (χ4v) is 1.05. The van der Waals surface area contributed by atoms with Gasteiger partial charge in [-0.3, -0.25) is 4.79 Å². The van der Waals surface area contributed by atoms with Crippen LogP contribution in [0.5, 0.6) is 0 Å². The topological polar surface area (TPSA) is 78.2 Å². The Balaban J connectivity index is 3.27. The average Bonchev–Trinajstić information content (AvgIpc) is 2.17. The lowest BCUT2D eigenvalue weighted by atomic mass is 10.0. The highest BCUT2D eigenvalue weighted by molar-refractivity contribution is 6.40. The lowest BCUT2D eigenvalue weighted by Gasteiger charge is -2.01. The number of rotatable bonds is 2. The van der Waals surface area contributed by atoms with E-state index in [1.54, 1.807) is 13.0 Å². The summed E-state index contributed by atoms with van der Waals surface area (Å²) in [7, 11) is 0. The molecule has 0 spiro atoms. The van der Waals surface area contributed by atoms with Gasteiger partial charge in [0.15, 0.2) is 0 Å². The Kier molecular flexibility index (Phi) is 2.63. The van der Waals surface area contributed by atoms with Crippen LogP contribution in [0.4, 0.5) is 0 Å². The van der Waals surface area contributed by atoms with Crippen molar-refractivity contribution in [1.29, 1.82) is 5.26 Å². The highest BCUT2D eigenvalue weighted by Crippen LogP contribution is 2.11. The molecule has 0 aliphatic heterocycles. The molecule has 0 bridgehead atoms. The number of nitriles is 1. The van der Waals surface area contributed by atoms with Crippen molar-refractivity contribution in [2.24, 2.45) is 0 Å². The highest BCUT2D eigenvalue weighted by Gasteiger charge is 2.16. The largest absolute Gasteiger partial charge is 0.475 e. The Hall–Kier alpha value is -2.15. The standard InChI is InChI=1S/C10H7NO3/c1-6-2-3-7(5-11)4-8(6)9(12)10(13)14/h2-4H,1H3,(H,13,14). The van der Waals surface area contributed by atoms with Crippen LogP contribution in [0.25, 0.3) is 0 Å². The number of nitrogens with zero attached hydrogens (tertiary/aromatic N) is 1. The molecule has 4 heteroatoms. The Morgan fingerprint density at radius 2 is 2.07 bits per heavy atom. The van der Waals surface area contributed by atoms with Gasteiger partial charge in [-0.25, -0.2) is 4.79 Å². The zero-order valence-corrected chi connectivity index (χ0v) is 7.44. The third-order valence-electron chi connectivity index (χ3n) is 1.81. The molecule has 0 amide bonds. The summed E-state index contributed by atoms with van der Waals surface area (Å²) in [5, 5.41) is 17.1. The molecule has 14 heavy (non-hydrogen) atoms. The minimum Gasteiger partial charge on any atom is -0.475 e. The summed E-state index contributed by atoms with van der Waals surface area (Å²) < 4.78 is 0. The highest BCUT2D eigenvalue weighted by atomic mass is 16.4. The van der Waals surface area contributed by atoms with Gasteiger partial charge in [0, 0.05) is 5.56 Å². The first-order valence-electron chi connectivity index (χ1n) is 3.84. The number of aryl methyl sites for hydroxylation is 1. The maximum Gasteiger partial charge on any atom is 0.377 e. The summed E-state index contributed by atoms with van der Waals surface area (Å²) in [6.07, 6.45) is 0. The molecular formula is C10H7NO3. The SMILES string of the molecule is Cc1ccc(C#N)cc1C(=O)C(=O)O. The lowest BCUT2D eigenvalue weighted by molar-refractivity contribution is -0.131. The molecule has 1 rings (SSSR count). The van der Waals surface area contributed by atoms with Gasteiger partial charge in [-0.15, -0.1) is 0 Å². The van der Waals surface area contributed by atoms with E-state index in [4.69, 9.17) is 10.4 Å². The van der Waals surface area contributed by atoms with Crippen molar-refractivity contribution in [3.05, 3.63) is 34.9 Å². The monoisotopic (exact) mass is 189 g/mol. The van der Waals surface area contributed by atoms with Crippen LogP contribution < -0.4 is 0 Å². The minimum atomic E-state index is -1.51. The molecule has 0 heterocycles. The van der Waals surface area contributed by atoms with E-state index in [1.165, 1.54) is 12.1 Å². The summed E-state index contributed by atoms with van der Waals surface area (Å²) in [6, 6.07) is 6.21. The zero-order valence-electron chi connectivity index (χ0n) is 7.44. The van der Waals surface area contributed by atoms with E-state index in [-0.39, 0.29) is 11.1 Å². The first-order valence-corrected chi connectivity index (χ1v) is 3.84. The smallest absolute Gasteiger partial charge is 0.377 e. The van der Waals surface area contributed by atoms with Gasteiger partial charge in [-0.2, -0.15) is 5.26 Å². The second kappa shape index (κ2) is 3.71. The third kappa shape index (κ3) is 1.77. The normalized spacial score (nSPS) is 9.14. The molecule has 0 unspecified atom stereocenters. The van der Waals surface area contributed by atoms with Crippen molar-refractivity contribution >= 4 is 11.8 Å². The van der Waals surface area contributed by atoms with E-state index in [2.05, 4.69) is 0 Å². The Morgan fingerprint density at radius 3 is 2.57 bits per heavy atom. The fraction of sp³-hybridized carbons (Fsp3) is 0.100. The summed E-state index contributed by atoms with van der Waals surface area (Å²) in [5.74, 6) is -2.50. The van der Waals surface area contributed by atoms with Crippen molar-refractivity contribution in [3.8, 4) is 6.07 Å². The number of ketones is 1. The van der Waals surface area contributed by atoms with Gasteiger partial charge in [-0.05, 0) is 24.6 Å². The Morgan fingerprint density at radius 1 is 1.43 bits per heavy atom. The molecule has 1 aromatic carbocycles. The van der Waals surface area contributed by atoms with Gasteiger partial charge < -0.3 is 5.11 Å². The molecule has 0 fully saturated rings. The summed E-state index contributed by atoms with van der Waals surface area (Å²) in [4.78, 5) is 21.5. The Labute approximate surface area is 80.4 Å². The summed E-state index contributed by atoms with van der Waals surface area (Å²) in [5.41, 5.74) is 0.896. The van der Waals surface area contributed by atoms with Crippen LogP contribution in [-0.4, -0.2) is 16.9 Å². The lowest BCUT2D eigenvalue weighted by Crippen LogP contribution is -2.14. The summed E-state index contributed by atoms with van der Waals surface area (Å²) in [6.45, 7) is 1.62. The number of carboxylic acid groups (broad SMARTS) is 1. The number of benzene rings is 1. The maximum absolute atomic E-state index is 11.1. The molecule has 0 aliphatic carbocycles. The first-order chi connectivity index (χ1) is 6.56. The van der Waals surface area contributed by atoms with E-state index >= 15 is 0 Å². The quantitative estimate of drug-likeness (QED) is 0.558. The molecule has 0 aromatic heterocycles. The molecule has 0 saturated carbocycles. The van der Waals surface area contributed by atoms with Gasteiger partial charge in [0.1, 0.15) is 0 Å². The number of hydrogen-bond donors (Lipinski definition) is 1. The predicted molar refractivity (Wildman–Crippen MR) is 47.9 cm³/mol. The average molecular weight is 189 g/mol. The van der Waals surface area contributed by atoms with Crippen molar-refractivity contribution in [2.75, 3.05) is 0 Å². The number of carbonyl (C=O) groups is 2. The van der Waals surface area contributed by atoms with Crippen LogP contribution in [-0.2, 0) is 4.79 Å². The first kappa shape index (κ1) is 9.93. The number of carbonyl (C=O) groups excluding carboxylic acids is 1. The van der Waals surface area contributed by atoms with Crippen LogP contribution in [0.1, 0.15) is 21.5 Å². The van der Waals surface area contributed by atoms with Gasteiger partial charge in [-0.1, -0.05) is 6.07 Å². The number of hydrogen-bond acceptors (Lipinski definition) is 3. The zero-order chi connectivity index (χ0) is 10.7. The van der Waals surface area contributed by atoms with E-state index in [0.717, 1.165) is 0 Å². The van der Waals surface area contributed by atoms with E-state index < -0.39 is 11.8 Å². The van der Waals surface area contributed by atoms with Crippen LogP contribution in [0.15, 0.2) is 18.2 Å². The van der Waals surface area contributed by atoms with E-state index in [1.807, 2.05) is 6.07 Å². The van der Waals surface area contributed by atoms with Crippen molar-refractivity contribution < 1.29 is 14.7 Å². The van der Waals surface area contributed by atoms with Crippen LogP contribution in [0, 0.1) is 18.3 Å². The summed E-state index contributed by atoms with van der Waals surface area (Å²) >= 11 is 0. The van der Waals surface area contributed by atoms with Crippen molar-refractivity contribution in [2.45, 2.75) is 6.92 Å². The van der Waals surface area contributed by atoms with Gasteiger partial charge in [0.25, 0.3) is 5.78 Å². The van der Waals surface area contributed by atoms with Gasteiger partial charge >= 0.3 is 5.97 Å². The number of carboxylic acids is 1. The molecule has 70 valence electrons. The second-order valence-corrected chi connectivity index (χ2v) is 2.78. The predicted octanol–water partition coefficient (Wildman–Crippen LogP) is 1.13. The third-order valence-corrected chi connectivity index (χ3v) is 1.81. The molecule has 0 radical (unpaired) electrons. The van der Waals surface area contributed by atoms with Gasteiger partial charge in [0.05, 0.1) is 11.6 Å². The maximum atomic E-state index is 11.1. The van der Waals surface area contributed by atoms with E-state index in [9.17, 15) is 9.59 Å². The molecule has 0 atom stereocenters. The molecule has 1 aromatic rings. The van der Waals surface area contributed by atoms with Crippen LogP contribution in [0.3, 0.4) is 0 Å². The molecular weight excluding hydrogens is 182 g/mol. The van der Waals surface area contributed by atoms with Gasteiger partial charge in [0.2, 0.25) is 0 Å². The number of Topliss-reactive ketones (excluding diaryl/α,β-unsaturated/α-hetero) is 1. The number of aliphatic carboxylic acids is 1. The van der Waals surface area contributed by atoms with Crippen LogP contribution in [0.2, 0.25) is 0 Å².